The van der Waals surface area contributed by atoms with Crippen LogP contribution in [-0.4, -0.2) is 23.1 Å². The third kappa shape index (κ3) is 4.10. The minimum atomic E-state index is -0.153. The lowest BCUT2D eigenvalue weighted by atomic mass is 9.85. The summed E-state index contributed by atoms with van der Waals surface area (Å²) in [5.74, 6) is 0.456. The van der Waals surface area contributed by atoms with Crippen LogP contribution in [0.3, 0.4) is 0 Å². The van der Waals surface area contributed by atoms with Crippen LogP contribution in [0.15, 0.2) is 24.3 Å². The topological polar surface area (TPSA) is 37.4 Å². The van der Waals surface area contributed by atoms with Crippen molar-refractivity contribution < 1.29 is 9.59 Å². The maximum Gasteiger partial charge on any atom is 0.226 e. The summed E-state index contributed by atoms with van der Waals surface area (Å²) < 4.78 is 0. The van der Waals surface area contributed by atoms with Gasteiger partial charge in [0.15, 0.2) is 0 Å². The number of nitrogens with zero attached hydrogens (tertiary/aromatic N) is 1. The van der Waals surface area contributed by atoms with Gasteiger partial charge >= 0.3 is 0 Å². The van der Waals surface area contributed by atoms with Crippen molar-refractivity contribution in [2.75, 3.05) is 6.54 Å². The first kappa shape index (κ1) is 17.0. The third-order valence-corrected chi connectivity index (χ3v) is 4.40. The molecule has 2 rings (SSSR count). The number of piperidine rings is 1. The van der Waals surface area contributed by atoms with Crippen LogP contribution in [-0.2, 0) is 9.59 Å². The molecule has 0 saturated carbocycles. The second kappa shape index (κ2) is 7.28. The number of likely N-dealkylation sites (tertiary alicyclic amines) is 1. The molecule has 1 aliphatic heterocycles. The molecular formula is C18H24ClNO2. The monoisotopic (exact) mass is 321 g/mol. The standard InChI is InChI=1S/C18H24ClNO2/c1-12(2)11-20-17(14-4-7-16(19)8-5-14)9-6-15(18(20)22)10-13(3)21/h4-5,7-8,12,15,17H,6,9-11H2,1-3H3. The van der Waals surface area contributed by atoms with Crippen LogP contribution >= 0.6 is 11.6 Å². The van der Waals surface area contributed by atoms with Crippen molar-refractivity contribution in [1.82, 2.24) is 4.90 Å². The zero-order chi connectivity index (χ0) is 16.3. The highest BCUT2D eigenvalue weighted by Gasteiger charge is 2.36. The summed E-state index contributed by atoms with van der Waals surface area (Å²) in [4.78, 5) is 26.1. The molecule has 0 spiro atoms. The van der Waals surface area contributed by atoms with E-state index in [0.29, 0.717) is 17.4 Å². The number of carbonyl (C=O) groups is 2. The number of hydrogen-bond acceptors (Lipinski definition) is 2. The van der Waals surface area contributed by atoms with E-state index in [4.69, 9.17) is 11.6 Å². The van der Waals surface area contributed by atoms with Gasteiger partial charge in [-0.2, -0.15) is 0 Å². The Morgan fingerprint density at radius 2 is 1.91 bits per heavy atom. The summed E-state index contributed by atoms with van der Waals surface area (Å²) in [7, 11) is 0. The van der Waals surface area contributed by atoms with E-state index in [2.05, 4.69) is 13.8 Å². The number of amides is 1. The molecule has 2 unspecified atom stereocenters. The van der Waals surface area contributed by atoms with Crippen molar-refractivity contribution in [3.8, 4) is 0 Å². The lowest BCUT2D eigenvalue weighted by Crippen LogP contribution is -2.45. The largest absolute Gasteiger partial charge is 0.335 e. The van der Waals surface area contributed by atoms with Gasteiger partial charge in [-0.3, -0.25) is 4.79 Å². The van der Waals surface area contributed by atoms with Crippen LogP contribution in [0.4, 0.5) is 0 Å². The predicted octanol–water partition coefficient (Wildman–Crippen LogP) is 4.25. The van der Waals surface area contributed by atoms with Crippen molar-refractivity contribution in [3.63, 3.8) is 0 Å². The molecule has 1 aromatic rings. The number of halogens is 1. The Morgan fingerprint density at radius 3 is 2.45 bits per heavy atom. The number of benzene rings is 1. The SMILES string of the molecule is CC(=O)CC1CCC(c2ccc(Cl)cc2)N(CC(C)C)C1=O. The Morgan fingerprint density at radius 1 is 1.27 bits per heavy atom. The van der Waals surface area contributed by atoms with Gasteiger partial charge in [0.05, 0.1) is 6.04 Å². The maximum atomic E-state index is 12.8. The molecule has 1 amide bonds. The zero-order valence-corrected chi connectivity index (χ0v) is 14.3. The molecule has 3 nitrogen and oxygen atoms in total. The van der Waals surface area contributed by atoms with Crippen LogP contribution in [0.5, 0.6) is 0 Å². The number of Topliss-reactive ketones (excluding diaryl/α,β-unsaturated/α-hetero) is 1. The summed E-state index contributed by atoms with van der Waals surface area (Å²) in [6, 6.07) is 7.83. The van der Waals surface area contributed by atoms with Crippen molar-refractivity contribution >= 4 is 23.3 Å². The van der Waals surface area contributed by atoms with Gasteiger partial charge in [-0.05, 0) is 43.4 Å². The molecule has 0 radical (unpaired) electrons. The molecule has 22 heavy (non-hydrogen) atoms. The highest BCUT2D eigenvalue weighted by Crippen LogP contribution is 2.36. The smallest absolute Gasteiger partial charge is 0.226 e. The maximum absolute atomic E-state index is 12.8. The second-order valence-corrected chi connectivity index (χ2v) is 7.07. The fraction of sp³-hybridized carbons (Fsp3) is 0.556. The van der Waals surface area contributed by atoms with Crippen LogP contribution in [0.25, 0.3) is 0 Å². The average Bonchev–Trinajstić information content (AvgIpc) is 2.44. The first-order valence-electron chi connectivity index (χ1n) is 7.94. The quantitative estimate of drug-likeness (QED) is 0.812. The fourth-order valence-corrected chi connectivity index (χ4v) is 3.33. The Kier molecular flexibility index (Phi) is 5.63. The number of rotatable bonds is 5. The molecule has 1 aromatic carbocycles. The van der Waals surface area contributed by atoms with Crippen LogP contribution < -0.4 is 0 Å². The van der Waals surface area contributed by atoms with Gasteiger partial charge in [0, 0.05) is 23.9 Å². The molecule has 1 fully saturated rings. The highest BCUT2D eigenvalue weighted by molar-refractivity contribution is 6.30. The van der Waals surface area contributed by atoms with Gasteiger partial charge in [-0.25, -0.2) is 0 Å². The van der Waals surface area contributed by atoms with E-state index < -0.39 is 0 Å². The molecule has 1 aliphatic rings. The number of carbonyl (C=O) groups excluding carboxylic acids is 2. The molecule has 1 heterocycles. The first-order valence-corrected chi connectivity index (χ1v) is 8.31. The van der Waals surface area contributed by atoms with E-state index in [1.807, 2.05) is 29.2 Å². The van der Waals surface area contributed by atoms with E-state index in [9.17, 15) is 9.59 Å². The van der Waals surface area contributed by atoms with Gasteiger partial charge in [0.25, 0.3) is 0 Å². The predicted molar refractivity (Wildman–Crippen MR) is 88.8 cm³/mol. The molecule has 1 saturated heterocycles. The normalized spacial score (nSPS) is 22.2. The van der Waals surface area contributed by atoms with Crippen molar-refractivity contribution in [2.45, 2.75) is 46.1 Å². The summed E-state index contributed by atoms with van der Waals surface area (Å²) in [5, 5.41) is 0.704. The lowest BCUT2D eigenvalue weighted by molar-refractivity contribution is -0.144. The minimum Gasteiger partial charge on any atom is -0.335 e. The Hall–Kier alpha value is -1.35. The minimum absolute atomic E-state index is 0.0905. The average molecular weight is 322 g/mol. The van der Waals surface area contributed by atoms with Crippen molar-refractivity contribution in [2.24, 2.45) is 11.8 Å². The Bertz CT molecular complexity index is 539. The molecule has 120 valence electrons. The highest BCUT2D eigenvalue weighted by atomic mass is 35.5. The number of ketones is 1. The zero-order valence-electron chi connectivity index (χ0n) is 13.5. The van der Waals surface area contributed by atoms with E-state index in [-0.39, 0.29) is 23.7 Å². The Balaban J connectivity index is 2.24. The van der Waals surface area contributed by atoms with E-state index >= 15 is 0 Å². The van der Waals surface area contributed by atoms with Crippen molar-refractivity contribution in [1.29, 1.82) is 0 Å². The van der Waals surface area contributed by atoms with E-state index in [1.165, 1.54) is 0 Å². The fourth-order valence-electron chi connectivity index (χ4n) is 3.20. The van der Waals surface area contributed by atoms with Gasteiger partial charge < -0.3 is 9.69 Å². The molecule has 4 heteroatoms. The van der Waals surface area contributed by atoms with Crippen LogP contribution in [0.2, 0.25) is 5.02 Å². The summed E-state index contributed by atoms with van der Waals surface area (Å²) in [6.45, 7) is 6.51. The van der Waals surface area contributed by atoms with E-state index in [1.54, 1.807) is 6.92 Å². The van der Waals surface area contributed by atoms with Crippen LogP contribution in [0.1, 0.15) is 51.6 Å². The summed E-state index contributed by atoms with van der Waals surface area (Å²) in [5.41, 5.74) is 1.12. The molecule has 0 bridgehead atoms. The summed E-state index contributed by atoms with van der Waals surface area (Å²) in [6.07, 6.45) is 2.04. The number of hydrogen-bond donors (Lipinski definition) is 0. The van der Waals surface area contributed by atoms with Gasteiger partial charge in [0.1, 0.15) is 5.78 Å². The van der Waals surface area contributed by atoms with Gasteiger partial charge in [0.2, 0.25) is 5.91 Å². The summed E-state index contributed by atoms with van der Waals surface area (Å²) >= 11 is 5.96. The Labute approximate surface area is 137 Å². The van der Waals surface area contributed by atoms with E-state index in [0.717, 1.165) is 24.9 Å². The van der Waals surface area contributed by atoms with Crippen molar-refractivity contribution in [3.05, 3.63) is 34.9 Å². The third-order valence-electron chi connectivity index (χ3n) is 4.15. The molecule has 0 aliphatic carbocycles. The molecule has 0 N–H and O–H groups in total. The molecule has 2 atom stereocenters. The molecular weight excluding hydrogens is 298 g/mol. The van der Waals surface area contributed by atoms with Gasteiger partial charge in [-0.15, -0.1) is 0 Å². The van der Waals surface area contributed by atoms with Crippen LogP contribution in [0, 0.1) is 11.8 Å². The molecule has 0 aromatic heterocycles. The van der Waals surface area contributed by atoms with Gasteiger partial charge in [-0.1, -0.05) is 37.6 Å². The second-order valence-electron chi connectivity index (χ2n) is 6.63. The lowest BCUT2D eigenvalue weighted by Gasteiger charge is -2.40. The first-order chi connectivity index (χ1) is 10.4.